The van der Waals surface area contributed by atoms with E-state index in [4.69, 9.17) is 5.73 Å². The summed E-state index contributed by atoms with van der Waals surface area (Å²) in [5.41, 5.74) is 10.9. The van der Waals surface area contributed by atoms with E-state index in [1.54, 1.807) is 0 Å². The third kappa shape index (κ3) is 2.54. The van der Waals surface area contributed by atoms with Gasteiger partial charge in [-0.3, -0.25) is 0 Å². The fourth-order valence-electron chi connectivity index (χ4n) is 2.53. The Morgan fingerprint density at radius 2 is 1.79 bits per heavy atom. The van der Waals surface area contributed by atoms with E-state index in [0.29, 0.717) is 6.54 Å². The molecule has 0 aliphatic rings. The van der Waals surface area contributed by atoms with Crippen LogP contribution in [0.25, 0.3) is 10.9 Å². The Hall–Kier alpha value is -2.06. The quantitative estimate of drug-likeness (QED) is 0.733. The zero-order chi connectivity index (χ0) is 13.1. The maximum absolute atomic E-state index is 5.66. The van der Waals surface area contributed by atoms with Crippen LogP contribution >= 0.6 is 0 Å². The molecule has 2 aromatic carbocycles. The van der Waals surface area contributed by atoms with Crippen molar-refractivity contribution in [3.63, 3.8) is 0 Å². The maximum Gasteiger partial charge on any atom is 0.0456 e. The van der Waals surface area contributed by atoms with Crippen LogP contribution in [-0.4, -0.2) is 11.5 Å². The average molecular weight is 250 g/mol. The molecule has 0 radical (unpaired) electrons. The van der Waals surface area contributed by atoms with Gasteiger partial charge in [0.15, 0.2) is 0 Å². The summed E-state index contributed by atoms with van der Waals surface area (Å²) in [5, 5.41) is 1.30. The Labute approximate surface area is 113 Å². The molecular formula is C17H18N2. The molecule has 3 rings (SSSR count). The maximum atomic E-state index is 5.66. The average Bonchev–Trinajstić information content (AvgIpc) is 2.83. The minimum Gasteiger partial charge on any atom is -0.361 e. The highest BCUT2D eigenvalue weighted by Crippen LogP contribution is 2.21. The summed E-state index contributed by atoms with van der Waals surface area (Å²) >= 11 is 0. The highest BCUT2D eigenvalue weighted by Gasteiger charge is 2.04. The number of hydrogen-bond donors (Lipinski definition) is 2. The summed E-state index contributed by atoms with van der Waals surface area (Å²) in [5.74, 6) is 0. The topological polar surface area (TPSA) is 41.8 Å². The number of benzene rings is 2. The van der Waals surface area contributed by atoms with Crippen LogP contribution in [0.15, 0.2) is 54.7 Å². The van der Waals surface area contributed by atoms with Crippen molar-refractivity contribution in [1.29, 1.82) is 0 Å². The van der Waals surface area contributed by atoms with E-state index in [2.05, 4.69) is 59.7 Å². The van der Waals surface area contributed by atoms with Crippen molar-refractivity contribution >= 4 is 10.9 Å². The molecule has 1 heterocycles. The minimum absolute atomic E-state index is 0.690. The molecule has 2 heteroatoms. The molecule has 19 heavy (non-hydrogen) atoms. The summed E-state index contributed by atoms with van der Waals surface area (Å²) in [6.45, 7) is 0.690. The standard InChI is InChI=1S/C17H18N2/c18-9-8-15-12-19-17-7-6-14(11-16(15)17)10-13-4-2-1-3-5-13/h1-7,11-12,19H,8-10,18H2. The lowest BCUT2D eigenvalue weighted by atomic mass is 10.0. The molecule has 0 aliphatic heterocycles. The normalized spacial score (nSPS) is 11.0. The van der Waals surface area contributed by atoms with Crippen LogP contribution in [0.2, 0.25) is 0 Å². The van der Waals surface area contributed by atoms with E-state index in [9.17, 15) is 0 Å². The molecule has 1 aromatic heterocycles. The van der Waals surface area contributed by atoms with Crippen molar-refractivity contribution in [1.82, 2.24) is 4.98 Å². The molecule has 0 saturated heterocycles. The molecule has 0 atom stereocenters. The molecule has 96 valence electrons. The van der Waals surface area contributed by atoms with E-state index in [0.717, 1.165) is 12.8 Å². The lowest BCUT2D eigenvalue weighted by Gasteiger charge is -2.03. The Morgan fingerprint density at radius 3 is 2.58 bits per heavy atom. The van der Waals surface area contributed by atoms with Gasteiger partial charge in [0.1, 0.15) is 0 Å². The van der Waals surface area contributed by atoms with Gasteiger partial charge in [0, 0.05) is 17.1 Å². The zero-order valence-corrected chi connectivity index (χ0v) is 10.9. The first-order chi connectivity index (χ1) is 9.36. The van der Waals surface area contributed by atoms with Gasteiger partial charge < -0.3 is 10.7 Å². The number of aromatic amines is 1. The molecule has 0 spiro atoms. The number of nitrogens with one attached hydrogen (secondary N) is 1. The van der Waals surface area contributed by atoms with Gasteiger partial charge >= 0.3 is 0 Å². The van der Waals surface area contributed by atoms with Crippen molar-refractivity contribution in [2.75, 3.05) is 6.54 Å². The summed E-state index contributed by atoms with van der Waals surface area (Å²) in [4.78, 5) is 3.31. The highest BCUT2D eigenvalue weighted by molar-refractivity contribution is 5.84. The smallest absolute Gasteiger partial charge is 0.0456 e. The molecular weight excluding hydrogens is 232 g/mol. The van der Waals surface area contributed by atoms with Gasteiger partial charge in [-0.2, -0.15) is 0 Å². The number of rotatable bonds is 4. The summed E-state index contributed by atoms with van der Waals surface area (Å²) in [6, 6.07) is 17.2. The van der Waals surface area contributed by atoms with Crippen LogP contribution in [0.3, 0.4) is 0 Å². The van der Waals surface area contributed by atoms with Gasteiger partial charge in [-0.25, -0.2) is 0 Å². The minimum atomic E-state index is 0.690. The van der Waals surface area contributed by atoms with Crippen LogP contribution in [0.4, 0.5) is 0 Å². The number of aromatic nitrogens is 1. The van der Waals surface area contributed by atoms with Crippen LogP contribution in [0, 0.1) is 0 Å². The van der Waals surface area contributed by atoms with E-state index in [1.165, 1.54) is 27.6 Å². The van der Waals surface area contributed by atoms with Crippen molar-refractivity contribution < 1.29 is 0 Å². The Balaban J connectivity index is 1.94. The molecule has 0 unspecified atom stereocenters. The number of nitrogens with two attached hydrogens (primary N) is 1. The largest absolute Gasteiger partial charge is 0.361 e. The molecule has 0 amide bonds. The molecule has 2 nitrogen and oxygen atoms in total. The van der Waals surface area contributed by atoms with Crippen LogP contribution in [0.5, 0.6) is 0 Å². The fourth-order valence-corrected chi connectivity index (χ4v) is 2.53. The van der Waals surface area contributed by atoms with Gasteiger partial charge in [-0.1, -0.05) is 36.4 Å². The second-order valence-corrected chi connectivity index (χ2v) is 4.89. The Kier molecular flexibility index (Phi) is 3.34. The first kappa shape index (κ1) is 12.0. The summed E-state index contributed by atoms with van der Waals surface area (Å²) in [6.07, 6.45) is 3.97. The number of fused-ring (bicyclic) bond motifs is 1. The van der Waals surface area contributed by atoms with Gasteiger partial charge in [0.25, 0.3) is 0 Å². The Morgan fingerprint density at radius 1 is 0.947 bits per heavy atom. The first-order valence-electron chi connectivity index (χ1n) is 6.69. The van der Waals surface area contributed by atoms with Crippen molar-refractivity contribution in [2.45, 2.75) is 12.8 Å². The third-order valence-electron chi connectivity index (χ3n) is 3.50. The lowest BCUT2D eigenvalue weighted by molar-refractivity contribution is 0.976. The number of hydrogen-bond acceptors (Lipinski definition) is 1. The van der Waals surface area contributed by atoms with Gasteiger partial charge in [0.2, 0.25) is 0 Å². The highest BCUT2D eigenvalue weighted by atomic mass is 14.7. The van der Waals surface area contributed by atoms with Crippen LogP contribution in [-0.2, 0) is 12.8 Å². The summed E-state index contributed by atoms with van der Waals surface area (Å²) < 4.78 is 0. The van der Waals surface area contributed by atoms with E-state index in [-0.39, 0.29) is 0 Å². The lowest BCUT2D eigenvalue weighted by Crippen LogP contribution is -2.01. The molecule has 0 saturated carbocycles. The predicted molar refractivity (Wildman–Crippen MR) is 80.3 cm³/mol. The van der Waals surface area contributed by atoms with Gasteiger partial charge in [-0.05, 0) is 48.2 Å². The SMILES string of the molecule is NCCc1c[nH]c2ccc(Cc3ccccc3)cc12. The van der Waals surface area contributed by atoms with Crippen molar-refractivity contribution in [3.05, 3.63) is 71.4 Å². The molecule has 3 aromatic rings. The van der Waals surface area contributed by atoms with Crippen molar-refractivity contribution in [2.24, 2.45) is 5.73 Å². The summed E-state index contributed by atoms with van der Waals surface area (Å²) in [7, 11) is 0. The van der Waals surface area contributed by atoms with Gasteiger partial charge in [0.05, 0.1) is 0 Å². The second kappa shape index (κ2) is 5.29. The van der Waals surface area contributed by atoms with Crippen LogP contribution in [0.1, 0.15) is 16.7 Å². The number of H-pyrrole nitrogens is 1. The van der Waals surface area contributed by atoms with Gasteiger partial charge in [-0.15, -0.1) is 0 Å². The van der Waals surface area contributed by atoms with Crippen molar-refractivity contribution in [3.8, 4) is 0 Å². The molecule has 3 N–H and O–H groups in total. The molecule has 0 bridgehead atoms. The van der Waals surface area contributed by atoms with Crippen LogP contribution < -0.4 is 5.73 Å². The first-order valence-corrected chi connectivity index (χ1v) is 6.69. The van der Waals surface area contributed by atoms with E-state index >= 15 is 0 Å². The fraction of sp³-hybridized carbons (Fsp3) is 0.176. The molecule has 0 aliphatic carbocycles. The zero-order valence-electron chi connectivity index (χ0n) is 10.9. The van der Waals surface area contributed by atoms with E-state index in [1.807, 2.05) is 0 Å². The third-order valence-corrected chi connectivity index (χ3v) is 3.50. The van der Waals surface area contributed by atoms with E-state index < -0.39 is 0 Å². The predicted octanol–water partition coefficient (Wildman–Crippen LogP) is 3.26. The second-order valence-electron chi connectivity index (χ2n) is 4.89. The monoisotopic (exact) mass is 250 g/mol. The molecule has 0 fully saturated rings. The Bertz CT molecular complexity index is 668.